The Kier molecular flexibility index (Phi) is 4.30. The first-order valence-corrected chi connectivity index (χ1v) is 13.5. The van der Waals surface area contributed by atoms with Gasteiger partial charge in [0.05, 0.1) is 27.6 Å². The summed E-state index contributed by atoms with van der Waals surface area (Å²) in [6.45, 7) is 0. The summed E-state index contributed by atoms with van der Waals surface area (Å²) >= 11 is 0. The van der Waals surface area contributed by atoms with E-state index < -0.39 is 0 Å². The van der Waals surface area contributed by atoms with E-state index >= 15 is 0 Å². The van der Waals surface area contributed by atoms with Crippen LogP contribution in [-0.2, 0) is 0 Å². The summed E-state index contributed by atoms with van der Waals surface area (Å²) < 4.78 is 4.60. The molecule has 0 radical (unpaired) electrons. The van der Waals surface area contributed by atoms with Gasteiger partial charge in [-0.25, -0.2) is 9.97 Å². The Bertz CT molecular complexity index is 2430. The zero-order chi connectivity index (χ0) is 26.2. The number of nitrogens with zero attached hydrogens (tertiary/aromatic N) is 4. The number of para-hydroxylation sites is 3. The Labute approximate surface area is 229 Å². The highest BCUT2D eigenvalue weighted by atomic mass is 15.2. The first-order chi connectivity index (χ1) is 19.8. The average molecular weight is 511 g/mol. The quantitative estimate of drug-likeness (QED) is 0.233. The molecule has 9 aromatic rings. The predicted octanol–water partition coefficient (Wildman–Crippen LogP) is 8.98. The van der Waals surface area contributed by atoms with Crippen molar-refractivity contribution in [2.75, 3.05) is 0 Å². The van der Waals surface area contributed by atoms with Gasteiger partial charge in [-0.3, -0.25) is 4.57 Å². The normalized spacial score (nSPS) is 12.0. The van der Waals surface area contributed by atoms with Crippen LogP contribution in [0.4, 0.5) is 0 Å². The number of fused-ring (bicyclic) bond motifs is 9. The lowest BCUT2D eigenvalue weighted by Gasteiger charge is -2.09. The van der Waals surface area contributed by atoms with E-state index in [2.05, 4.69) is 118 Å². The van der Waals surface area contributed by atoms with Crippen LogP contribution in [0.1, 0.15) is 0 Å². The minimum absolute atomic E-state index is 0.678. The monoisotopic (exact) mass is 510 g/mol. The Hall–Kier alpha value is -5.48. The van der Waals surface area contributed by atoms with Crippen LogP contribution in [-0.4, -0.2) is 19.1 Å². The van der Waals surface area contributed by atoms with Gasteiger partial charge in [0.15, 0.2) is 0 Å². The second kappa shape index (κ2) is 8.01. The molecule has 9 rings (SSSR count). The fourth-order valence-corrected chi connectivity index (χ4v) is 6.39. The number of hydrogen-bond donors (Lipinski definition) is 0. The third kappa shape index (κ3) is 2.90. The number of rotatable bonds is 2. The molecule has 6 aromatic carbocycles. The van der Waals surface area contributed by atoms with E-state index in [4.69, 9.17) is 9.97 Å². The summed E-state index contributed by atoms with van der Waals surface area (Å²) in [5, 5.41) is 8.44. The van der Waals surface area contributed by atoms with Crippen molar-refractivity contribution >= 4 is 65.3 Å². The van der Waals surface area contributed by atoms with Crippen molar-refractivity contribution in [2.45, 2.75) is 0 Å². The Morgan fingerprint density at radius 2 is 1.18 bits per heavy atom. The lowest BCUT2D eigenvalue weighted by Crippen LogP contribution is -2.01. The standard InChI is InChI=1S/C36H22N4/c1-2-12-25(13-3-1)39-32-19-18-23-10-4-6-14-26(23)35(32)29-20-28-27-15-7-9-17-31(27)40(33(28)21-34(29)39)36-37-22-24-11-5-8-16-30(24)38-36/h1-22H. The zero-order valence-corrected chi connectivity index (χ0v) is 21.5. The first kappa shape index (κ1) is 21.5. The van der Waals surface area contributed by atoms with Crippen molar-refractivity contribution < 1.29 is 0 Å². The van der Waals surface area contributed by atoms with Crippen molar-refractivity contribution in [3.8, 4) is 11.6 Å². The van der Waals surface area contributed by atoms with Crippen molar-refractivity contribution in [1.29, 1.82) is 0 Å². The van der Waals surface area contributed by atoms with Gasteiger partial charge >= 0.3 is 0 Å². The number of aromatic nitrogens is 4. The van der Waals surface area contributed by atoms with Crippen LogP contribution in [0, 0.1) is 0 Å². The fourth-order valence-electron chi connectivity index (χ4n) is 6.39. The van der Waals surface area contributed by atoms with E-state index in [1.165, 1.54) is 37.8 Å². The minimum atomic E-state index is 0.678. The maximum absolute atomic E-state index is 5.01. The smallest absolute Gasteiger partial charge is 0.235 e. The van der Waals surface area contributed by atoms with Crippen LogP contribution in [0.3, 0.4) is 0 Å². The summed E-state index contributed by atoms with van der Waals surface area (Å²) in [6.07, 6.45) is 1.92. The van der Waals surface area contributed by atoms with Gasteiger partial charge in [0.1, 0.15) is 0 Å². The van der Waals surface area contributed by atoms with Gasteiger partial charge in [0.2, 0.25) is 5.95 Å². The molecule has 3 aromatic heterocycles. The van der Waals surface area contributed by atoms with E-state index in [1.807, 2.05) is 24.4 Å². The molecule has 0 amide bonds. The Morgan fingerprint density at radius 3 is 2.08 bits per heavy atom. The maximum Gasteiger partial charge on any atom is 0.235 e. The lowest BCUT2D eigenvalue weighted by atomic mass is 10.0. The topological polar surface area (TPSA) is 35.6 Å². The average Bonchev–Trinajstić information content (AvgIpc) is 3.52. The van der Waals surface area contributed by atoms with Gasteiger partial charge in [-0.15, -0.1) is 0 Å². The van der Waals surface area contributed by atoms with Crippen molar-refractivity contribution in [1.82, 2.24) is 19.1 Å². The number of benzene rings is 6. The van der Waals surface area contributed by atoms with Gasteiger partial charge in [0, 0.05) is 38.8 Å². The molecule has 0 atom stereocenters. The predicted molar refractivity (Wildman–Crippen MR) is 166 cm³/mol. The first-order valence-electron chi connectivity index (χ1n) is 13.5. The van der Waals surface area contributed by atoms with Gasteiger partial charge in [0.25, 0.3) is 0 Å². The minimum Gasteiger partial charge on any atom is -0.309 e. The van der Waals surface area contributed by atoms with Crippen LogP contribution >= 0.6 is 0 Å². The van der Waals surface area contributed by atoms with Crippen LogP contribution in [0.5, 0.6) is 0 Å². The molecular formula is C36H22N4. The van der Waals surface area contributed by atoms with Crippen molar-refractivity contribution in [2.24, 2.45) is 0 Å². The SMILES string of the molecule is c1ccc(-n2c3cc4c(cc3c3c5ccccc5ccc32)c2ccccc2n4-c2ncc3ccccc3n2)cc1. The third-order valence-electron chi connectivity index (χ3n) is 8.14. The summed E-state index contributed by atoms with van der Waals surface area (Å²) in [4.78, 5) is 9.85. The molecule has 40 heavy (non-hydrogen) atoms. The number of hydrogen-bond acceptors (Lipinski definition) is 2. The van der Waals surface area contributed by atoms with Gasteiger partial charge in [-0.05, 0) is 53.2 Å². The molecular weight excluding hydrogens is 488 g/mol. The molecule has 0 aliphatic carbocycles. The summed E-state index contributed by atoms with van der Waals surface area (Å²) in [5.41, 5.74) is 6.63. The van der Waals surface area contributed by atoms with Crippen LogP contribution in [0.25, 0.3) is 76.9 Å². The Morgan fingerprint density at radius 1 is 0.450 bits per heavy atom. The van der Waals surface area contributed by atoms with E-state index in [-0.39, 0.29) is 0 Å². The molecule has 186 valence electrons. The molecule has 0 unspecified atom stereocenters. The fraction of sp³-hybridized carbons (Fsp3) is 0. The van der Waals surface area contributed by atoms with Crippen molar-refractivity contribution in [3.63, 3.8) is 0 Å². The zero-order valence-electron chi connectivity index (χ0n) is 21.5. The van der Waals surface area contributed by atoms with Crippen LogP contribution in [0.2, 0.25) is 0 Å². The molecule has 0 N–H and O–H groups in total. The second-order valence-corrected chi connectivity index (χ2v) is 10.3. The molecule has 0 aliphatic heterocycles. The van der Waals surface area contributed by atoms with Gasteiger partial charge < -0.3 is 4.57 Å². The molecule has 4 nitrogen and oxygen atoms in total. The molecule has 4 heteroatoms. The van der Waals surface area contributed by atoms with E-state index in [0.29, 0.717) is 5.95 Å². The van der Waals surface area contributed by atoms with Crippen molar-refractivity contribution in [3.05, 3.63) is 134 Å². The lowest BCUT2D eigenvalue weighted by molar-refractivity contribution is 1.01. The van der Waals surface area contributed by atoms with E-state index in [1.54, 1.807) is 0 Å². The molecule has 3 heterocycles. The van der Waals surface area contributed by atoms with E-state index in [0.717, 1.165) is 33.1 Å². The maximum atomic E-state index is 5.01. The highest BCUT2D eigenvalue weighted by Gasteiger charge is 2.20. The molecule has 0 aliphatic rings. The largest absolute Gasteiger partial charge is 0.309 e. The summed E-state index contributed by atoms with van der Waals surface area (Å²) in [5.74, 6) is 0.678. The molecule has 0 bridgehead atoms. The Balaban J connectivity index is 1.49. The summed E-state index contributed by atoms with van der Waals surface area (Å²) in [7, 11) is 0. The highest BCUT2D eigenvalue weighted by molar-refractivity contribution is 6.25. The molecule has 0 saturated heterocycles. The molecule has 0 spiro atoms. The second-order valence-electron chi connectivity index (χ2n) is 10.3. The van der Waals surface area contributed by atoms with Crippen LogP contribution < -0.4 is 0 Å². The molecule has 0 saturated carbocycles. The molecule has 0 fully saturated rings. The van der Waals surface area contributed by atoms with Crippen LogP contribution in [0.15, 0.2) is 134 Å². The van der Waals surface area contributed by atoms with E-state index in [9.17, 15) is 0 Å². The van der Waals surface area contributed by atoms with Gasteiger partial charge in [-0.2, -0.15) is 0 Å². The van der Waals surface area contributed by atoms with Gasteiger partial charge in [-0.1, -0.05) is 84.9 Å². The highest BCUT2D eigenvalue weighted by Crippen LogP contribution is 2.41. The summed E-state index contributed by atoms with van der Waals surface area (Å²) in [6, 6.07) is 45.2. The third-order valence-corrected chi connectivity index (χ3v) is 8.14.